The topological polar surface area (TPSA) is 87.0 Å². The highest BCUT2D eigenvalue weighted by molar-refractivity contribution is 5.69. The highest BCUT2D eigenvalue weighted by Crippen LogP contribution is 2.36. The lowest BCUT2D eigenvalue weighted by Crippen LogP contribution is -2.20. The molecule has 0 saturated heterocycles. The summed E-state index contributed by atoms with van der Waals surface area (Å²) in [5.74, 6) is -0.350. The van der Waals surface area contributed by atoms with Gasteiger partial charge in [0.05, 0.1) is 24.4 Å². The van der Waals surface area contributed by atoms with Crippen LogP contribution in [0.4, 0.5) is 0 Å². The maximum atomic E-state index is 11.5. The first-order valence-corrected chi connectivity index (χ1v) is 11.9. The molecule has 1 fully saturated rings. The molecule has 5 nitrogen and oxygen atoms in total. The fraction of sp³-hybridized carbons (Fsp3) is 0.800. The quantitative estimate of drug-likeness (QED) is 0.202. The molecule has 1 aliphatic carbocycles. The smallest absolute Gasteiger partial charge is 0.306 e. The van der Waals surface area contributed by atoms with Gasteiger partial charge in [-0.15, -0.1) is 0 Å². The molecule has 0 bridgehead atoms. The number of rotatable bonds is 15. The van der Waals surface area contributed by atoms with Crippen LogP contribution in [0.1, 0.15) is 91.4 Å². The number of unbranched alkanes of at least 4 members (excludes halogenated alkanes) is 5. The van der Waals surface area contributed by atoms with Gasteiger partial charge in [-0.2, -0.15) is 0 Å². The Hall–Kier alpha value is -1.17. The first-order valence-electron chi connectivity index (χ1n) is 11.9. The summed E-state index contributed by atoms with van der Waals surface area (Å²) in [4.78, 5) is 11.5. The number of esters is 1. The molecule has 1 aliphatic rings. The van der Waals surface area contributed by atoms with Crippen molar-refractivity contribution in [2.45, 2.75) is 116 Å². The second kappa shape index (κ2) is 15.6. The third kappa shape index (κ3) is 11.3. The minimum absolute atomic E-state index is 0.0461. The molecule has 0 radical (unpaired) electrons. The zero-order valence-corrected chi connectivity index (χ0v) is 19.2. The average Bonchev–Trinajstić information content (AvgIpc) is 2.94. The second-order valence-electron chi connectivity index (χ2n) is 8.90. The van der Waals surface area contributed by atoms with Crippen LogP contribution in [0.25, 0.3) is 0 Å². The average molecular weight is 425 g/mol. The van der Waals surface area contributed by atoms with Gasteiger partial charge >= 0.3 is 5.97 Å². The molecule has 1 saturated carbocycles. The number of aliphatic hydroxyl groups excluding tert-OH is 3. The Morgan fingerprint density at radius 1 is 1.07 bits per heavy atom. The Labute approximate surface area is 183 Å². The molecule has 5 heteroatoms. The fourth-order valence-corrected chi connectivity index (χ4v) is 4.07. The van der Waals surface area contributed by atoms with Gasteiger partial charge < -0.3 is 20.1 Å². The van der Waals surface area contributed by atoms with Gasteiger partial charge in [0.25, 0.3) is 0 Å². The van der Waals surface area contributed by atoms with Crippen LogP contribution in [0.2, 0.25) is 0 Å². The van der Waals surface area contributed by atoms with Crippen LogP contribution >= 0.6 is 0 Å². The number of ether oxygens (including phenoxy) is 1. The molecule has 0 amide bonds. The summed E-state index contributed by atoms with van der Waals surface area (Å²) in [6.07, 6.45) is 15.7. The van der Waals surface area contributed by atoms with Gasteiger partial charge in [-0.3, -0.25) is 4.79 Å². The Morgan fingerprint density at radius 2 is 1.80 bits per heavy atom. The van der Waals surface area contributed by atoms with Crippen LogP contribution in [0.5, 0.6) is 0 Å². The second-order valence-corrected chi connectivity index (χ2v) is 8.90. The van der Waals surface area contributed by atoms with E-state index < -0.39 is 18.3 Å². The summed E-state index contributed by atoms with van der Waals surface area (Å²) >= 11 is 0. The molecule has 0 aromatic carbocycles. The Balaban J connectivity index is 2.37. The first kappa shape index (κ1) is 26.9. The molecule has 0 spiro atoms. The lowest BCUT2D eigenvalue weighted by molar-refractivity contribution is -0.147. The Bertz CT molecular complexity index is 514. The predicted molar refractivity (Wildman–Crippen MR) is 121 cm³/mol. The highest BCUT2D eigenvalue weighted by atomic mass is 16.5. The third-order valence-corrected chi connectivity index (χ3v) is 5.77. The van der Waals surface area contributed by atoms with Gasteiger partial charge in [-0.25, -0.2) is 0 Å². The largest absolute Gasteiger partial charge is 0.463 e. The van der Waals surface area contributed by atoms with Gasteiger partial charge in [-0.1, -0.05) is 63.3 Å². The fourth-order valence-electron chi connectivity index (χ4n) is 4.07. The van der Waals surface area contributed by atoms with E-state index in [0.29, 0.717) is 19.3 Å². The van der Waals surface area contributed by atoms with Crippen LogP contribution in [0, 0.1) is 11.8 Å². The van der Waals surface area contributed by atoms with E-state index in [4.69, 9.17) is 4.74 Å². The van der Waals surface area contributed by atoms with E-state index >= 15 is 0 Å². The molecule has 1 rings (SSSR count). The molecule has 30 heavy (non-hydrogen) atoms. The SMILES string of the molecule is CCCCCCC[C@H](O)/C=C/[C@@H]1[C@@H](C/C=C\CCCC(=O)OC(C)C)[C@@H](O)C[C@H]1O. The molecule has 5 atom stereocenters. The maximum absolute atomic E-state index is 11.5. The van der Waals surface area contributed by atoms with E-state index in [1.165, 1.54) is 19.3 Å². The standard InChI is InChI=1S/C25H44O5/c1-4-5-6-7-10-13-20(26)16-17-22-21(23(27)18-24(22)28)14-11-8-9-12-15-25(29)30-19(2)3/h8,11,16-17,19-24,26-28H,4-7,9-10,12-15,18H2,1-3H3/b11-8-,17-16+/t20-,21+,22+,23-,24+/m0/s1. The number of aliphatic hydroxyl groups is 3. The zero-order valence-electron chi connectivity index (χ0n) is 19.2. The van der Waals surface area contributed by atoms with Gasteiger partial charge in [0, 0.05) is 18.8 Å². The zero-order chi connectivity index (χ0) is 22.4. The molecule has 0 aromatic heterocycles. The summed E-state index contributed by atoms with van der Waals surface area (Å²) < 4.78 is 5.11. The molecular weight excluding hydrogens is 380 g/mol. The summed E-state index contributed by atoms with van der Waals surface area (Å²) in [7, 11) is 0. The summed E-state index contributed by atoms with van der Waals surface area (Å²) in [6.45, 7) is 5.88. The predicted octanol–water partition coefficient (Wildman–Crippen LogP) is 4.69. The van der Waals surface area contributed by atoms with E-state index in [2.05, 4.69) is 6.92 Å². The monoisotopic (exact) mass is 424 g/mol. The normalized spacial score (nSPS) is 25.6. The molecule has 0 aliphatic heterocycles. The van der Waals surface area contributed by atoms with E-state index in [1.807, 2.05) is 32.1 Å². The maximum Gasteiger partial charge on any atom is 0.306 e. The van der Waals surface area contributed by atoms with Gasteiger partial charge in [0.1, 0.15) is 0 Å². The van der Waals surface area contributed by atoms with Gasteiger partial charge in [0.15, 0.2) is 0 Å². The van der Waals surface area contributed by atoms with Crippen molar-refractivity contribution >= 4 is 5.97 Å². The molecule has 174 valence electrons. The van der Waals surface area contributed by atoms with Crippen molar-refractivity contribution in [3.05, 3.63) is 24.3 Å². The lowest BCUT2D eigenvalue weighted by Gasteiger charge is -2.19. The summed E-state index contributed by atoms with van der Waals surface area (Å²) in [6, 6.07) is 0. The minimum Gasteiger partial charge on any atom is -0.463 e. The van der Waals surface area contributed by atoms with E-state index in [0.717, 1.165) is 32.1 Å². The Morgan fingerprint density at radius 3 is 2.50 bits per heavy atom. The number of carbonyl (C=O) groups is 1. The van der Waals surface area contributed by atoms with Crippen molar-refractivity contribution in [2.75, 3.05) is 0 Å². The third-order valence-electron chi connectivity index (χ3n) is 5.77. The number of hydrogen-bond donors (Lipinski definition) is 3. The molecule has 0 unspecified atom stereocenters. The van der Waals surface area contributed by atoms with Crippen molar-refractivity contribution in [1.29, 1.82) is 0 Å². The van der Waals surface area contributed by atoms with Crippen LogP contribution in [-0.4, -0.2) is 45.7 Å². The minimum atomic E-state index is -0.572. The number of hydrogen-bond acceptors (Lipinski definition) is 5. The molecule has 0 aromatic rings. The highest BCUT2D eigenvalue weighted by Gasteiger charge is 2.39. The van der Waals surface area contributed by atoms with Crippen LogP contribution < -0.4 is 0 Å². The number of carbonyl (C=O) groups excluding carboxylic acids is 1. The molecular formula is C25H44O5. The molecule has 0 heterocycles. The van der Waals surface area contributed by atoms with Crippen molar-refractivity contribution in [3.8, 4) is 0 Å². The van der Waals surface area contributed by atoms with E-state index in [-0.39, 0.29) is 23.9 Å². The molecule has 3 N–H and O–H groups in total. The van der Waals surface area contributed by atoms with Crippen molar-refractivity contribution < 1.29 is 24.9 Å². The van der Waals surface area contributed by atoms with Crippen molar-refractivity contribution in [3.63, 3.8) is 0 Å². The Kier molecular flexibility index (Phi) is 14.0. The van der Waals surface area contributed by atoms with E-state index in [9.17, 15) is 20.1 Å². The first-order chi connectivity index (χ1) is 14.3. The van der Waals surface area contributed by atoms with Crippen LogP contribution in [0.15, 0.2) is 24.3 Å². The van der Waals surface area contributed by atoms with Gasteiger partial charge in [0.2, 0.25) is 0 Å². The van der Waals surface area contributed by atoms with Gasteiger partial charge in [-0.05, 0) is 45.4 Å². The van der Waals surface area contributed by atoms with Crippen LogP contribution in [-0.2, 0) is 9.53 Å². The summed E-state index contributed by atoms with van der Waals surface area (Å²) in [5, 5.41) is 30.8. The summed E-state index contributed by atoms with van der Waals surface area (Å²) in [5.41, 5.74) is 0. The lowest BCUT2D eigenvalue weighted by atomic mass is 9.89. The van der Waals surface area contributed by atoms with Crippen molar-refractivity contribution in [1.82, 2.24) is 0 Å². The van der Waals surface area contributed by atoms with Crippen molar-refractivity contribution in [2.24, 2.45) is 11.8 Å². The van der Waals surface area contributed by atoms with Crippen LogP contribution in [0.3, 0.4) is 0 Å². The van der Waals surface area contributed by atoms with E-state index in [1.54, 1.807) is 6.08 Å². The number of allylic oxidation sites excluding steroid dienone is 2.